The Kier molecular flexibility index (Phi) is 7.73. The predicted octanol–water partition coefficient (Wildman–Crippen LogP) is 6.15. The number of nitrogens with zero attached hydrogens (tertiary/aromatic N) is 5. The molecule has 1 aromatic carbocycles. The van der Waals surface area contributed by atoms with Crippen molar-refractivity contribution in [2.45, 2.75) is 52.7 Å². The molecule has 0 aliphatic rings. The van der Waals surface area contributed by atoms with Crippen molar-refractivity contribution in [2.24, 2.45) is 0 Å². The lowest BCUT2D eigenvalue weighted by Crippen LogP contribution is -2.44. The average molecular weight is 517 g/mol. The first kappa shape index (κ1) is 26.7. The van der Waals surface area contributed by atoms with E-state index in [9.17, 15) is 14.0 Å². The molecule has 0 spiro atoms. The van der Waals surface area contributed by atoms with E-state index in [2.05, 4.69) is 25.5 Å². The van der Waals surface area contributed by atoms with Crippen LogP contribution in [0.1, 0.15) is 41.5 Å². The van der Waals surface area contributed by atoms with Crippen molar-refractivity contribution in [1.82, 2.24) is 20.2 Å². The summed E-state index contributed by atoms with van der Waals surface area (Å²) in [7, 11) is 0. The zero-order chi connectivity index (χ0) is 26.7. The van der Waals surface area contributed by atoms with Gasteiger partial charge in [0.25, 0.3) is 0 Å². The summed E-state index contributed by atoms with van der Waals surface area (Å²) >= 11 is 5.99. The summed E-state index contributed by atoms with van der Waals surface area (Å²) in [6, 6.07) is 7.15. The minimum absolute atomic E-state index is 0.169. The molecule has 0 bridgehead atoms. The van der Waals surface area contributed by atoms with E-state index in [1.54, 1.807) is 47.6 Å². The number of carbonyl (C=O) groups is 2. The molecule has 0 fully saturated rings. The number of nitrogens with one attached hydrogen (secondary N) is 1. The van der Waals surface area contributed by atoms with E-state index in [0.29, 0.717) is 15.6 Å². The number of ether oxygens (including phenoxy) is 2. The number of carbonyl (C=O) groups excluding carboxylic acids is 2. The van der Waals surface area contributed by atoms with Crippen LogP contribution in [0.25, 0.3) is 11.3 Å². The molecule has 1 N–H and O–H groups in total. The Morgan fingerprint density at radius 2 is 1.64 bits per heavy atom. The third-order valence-corrected chi connectivity index (χ3v) is 4.36. The van der Waals surface area contributed by atoms with Crippen LogP contribution in [0, 0.1) is 5.82 Å². The minimum atomic E-state index is -1.00. The van der Waals surface area contributed by atoms with Crippen molar-refractivity contribution in [2.75, 3.05) is 10.2 Å². The van der Waals surface area contributed by atoms with Crippen LogP contribution in [0.3, 0.4) is 0 Å². The van der Waals surface area contributed by atoms with E-state index in [1.165, 1.54) is 36.7 Å². The van der Waals surface area contributed by atoms with Gasteiger partial charge in [0.2, 0.25) is 5.95 Å². The van der Waals surface area contributed by atoms with Gasteiger partial charge in [0.15, 0.2) is 0 Å². The maximum absolute atomic E-state index is 14.3. The molecule has 0 saturated heterocycles. The minimum Gasteiger partial charge on any atom is -0.443 e. The number of hydrogen-bond donors (Lipinski definition) is 1. The standard InChI is InChI=1S/C24H26ClFN6O4/c1-23(2,3)35-21(33)32(22(34)36-24(4,5)6)20-27-10-9-19(30-20)29-15-12-18(31-28-13-15)16-11-14(25)7-8-17(16)26/h7-13H,1-6H3,(H,27,29,30,31). The van der Waals surface area contributed by atoms with Gasteiger partial charge in [0.1, 0.15) is 22.8 Å². The summed E-state index contributed by atoms with van der Waals surface area (Å²) in [5.74, 6) is -0.574. The Morgan fingerprint density at radius 3 is 2.25 bits per heavy atom. The second-order valence-corrected chi connectivity index (χ2v) is 10.1. The Bertz CT molecular complexity index is 1250. The summed E-state index contributed by atoms with van der Waals surface area (Å²) in [5, 5.41) is 11.2. The molecular formula is C24H26ClFN6O4. The Morgan fingerprint density at radius 1 is 1.00 bits per heavy atom. The highest BCUT2D eigenvalue weighted by Gasteiger charge is 2.34. The third-order valence-electron chi connectivity index (χ3n) is 4.13. The first-order valence-corrected chi connectivity index (χ1v) is 11.2. The zero-order valence-electron chi connectivity index (χ0n) is 20.7. The molecule has 3 aromatic rings. The van der Waals surface area contributed by atoms with Crippen LogP contribution in [-0.4, -0.2) is 43.6 Å². The largest absolute Gasteiger partial charge is 0.443 e. The van der Waals surface area contributed by atoms with E-state index >= 15 is 0 Å². The van der Waals surface area contributed by atoms with Gasteiger partial charge in [0.05, 0.1) is 17.6 Å². The Balaban J connectivity index is 1.93. The van der Waals surface area contributed by atoms with Crippen LogP contribution in [0.15, 0.2) is 42.7 Å². The number of benzene rings is 1. The molecule has 190 valence electrons. The van der Waals surface area contributed by atoms with Crippen molar-refractivity contribution < 1.29 is 23.5 Å². The quantitative estimate of drug-likeness (QED) is 0.435. The van der Waals surface area contributed by atoms with Crippen LogP contribution < -0.4 is 10.2 Å². The molecule has 0 atom stereocenters. The Labute approximate surface area is 212 Å². The first-order chi connectivity index (χ1) is 16.7. The molecular weight excluding hydrogens is 491 g/mol. The molecule has 0 radical (unpaired) electrons. The van der Waals surface area contributed by atoms with Crippen LogP contribution in [0.4, 0.5) is 31.4 Å². The van der Waals surface area contributed by atoms with Crippen LogP contribution >= 0.6 is 11.6 Å². The van der Waals surface area contributed by atoms with Gasteiger partial charge in [-0.05, 0) is 71.9 Å². The molecule has 36 heavy (non-hydrogen) atoms. The Hall–Kier alpha value is -3.86. The predicted molar refractivity (Wildman–Crippen MR) is 133 cm³/mol. The maximum atomic E-state index is 14.3. The summed E-state index contributed by atoms with van der Waals surface area (Å²) in [5.41, 5.74) is -0.962. The van der Waals surface area contributed by atoms with Crippen LogP contribution in [0.2, 0.25) is 5.02 Å². The van der Waals surface area contributed by atoms with Crippen molar-refractivity contribution in [3.05, 3.63) is 53.6 Å². The van der Waals surface area contributed by atoms with Gasteiger partial charge in [-0.25, -0.2) is 19.0 Å². The first-order valence-electron chi connectivity index (χ1n) is 10.9. The number of aromatic nitrogens is 4. The van der Waals surface area contributed by atoms with Crippen molar-refractivity contribution >= 4 is 41.2 Å². The lowest BCUT2D eigenvalue weighted by atomic mass is 10.1. The summed E-state index contributed by atoms with van der Waals surface area (Å²) < 4.78 is 25.0. The van der Waals surface area contributed by atoms with Gasteiger partial charge in [-0.2, -0.15) is 15.2 Å². The van der Waals surface area contributed by atoms with E-state index in [-0.39, 0.29) is 23.0 Å². The SMILES string of the molecule is CC(C)(C)OC(=O)N(C(=O)OC(C)(C)C)c1nccc(Nc2cnnc(-c3cc(Cl)ccc3F)c2)n1. The molecule has 2 aromatic heterocycles. The monoisotopic (exact) mass is 516 g/mol. The van der Waals surface area contributed by atoms with E-state index in [0.717, 1.165) is 0 Å². The fraction of sp³-hybridized carbons (Fsp3) is 0.333. The zero-order valence-corrected chi connectivity index (χ0v) is 21.4. The van der Waals surface area contributed by atoms with Gasteiger partial charge in [-0.3, -0.25) is 0 Å². The highest BCUT2D eigenvalue weighted by Crippen LogP contribution is 2.27. The molecule has 3 rings (SSSR count). The normalized spacial score (nSPS) is 11.6. The second-order valence-electron chi connectivity index (χ2n) is 9.62. The number of amides is 2. The van der Waals surface area contributed by atoms with Gasteiger partial charge >= 0.3 is 12.2 Å². The van der Waals surface area contributed by atoms with E-state index in [4.69, 9.17) is 21.1 Å². The number of rotatable bonds is 4. The number of imide groups is 1. The topological polar surface area (TPSA) is 119 Å². The third kappa shape index (κ3) is 7.32. The van der Waals surface area contributed by atoms with Crippen molar-refractivity contribution in [3.8, 4) is 11.3 Å². The van der Waals surface area contributed by atoms with Crippen LogP contribution in [-0.2, 0) is 9.47 Å². The number of halogens is 2. The van der Waals surface area contributed by atoms with E-state index in [1.807, 2.05) is 0 Å². The maximum Gasteiger partial charge on any atom is 0.427 e. The molecule has 10 nitrogen and oxygen atoms in total. The lowest BCUT2D eigenvalue weighted by Gasteiger charge is -2.27. The fourth-order valence-corrected chi connectivity index (χ4v) is 2.96. The second kappa shape index (κ2) is 10.4. The highest BCUT2D eigenvalue weighted by atomic mass is 35.5. The molecule has 0 aliphatic heterocycles. The molecule has 12 heteroatoms. The lowest BCUT2D eigenvalue weighted by molar-refractivity contribution is 0.0427. The van der Waals surface area contributed by atoms with Gasteiger partial charge < -0.3 is 14.8 Å². The molecule has 2 heterocycles. The van der Waals surface area contributed by atoms with Crippen molar-refractivity contribution in [3.63, 3.8) is 0 Å². The van der Waals surface area contributed by atoms with Gasteiger partial charge in [-0.15, -0.1) is 4.90 Å². The fourth-order valence-electron chi connectivity index (χ4n) is 2.79. The number of anilines is 3. The molecule has 0 saturated carbocycles. The van der Waals surface area contributed by atoms with Crippen LogP contribution in [0.5, 0.6) is 0 Å². The molecule has 2 amide bonds. The highest BCUT2D eigenvalue weighted by molar-refractivity contribution is 6.30. The van der Waals surface area contributed by atoms with E-state index < -0.39 is 29.2 Å². The number of hydrogen-bond acceptors (Lipinski definition) is 9. The van der Waals surface area contributed by atoms with Crippen molar-refractivity contribution in [1.29, 1.82) is 0 Å². The van der Waals surface area contributed by atoms with Gasteiger partial charge in [-0.1, -0.05) is 11.6 Å². The average Bonchev–Trinajstić information content (AvgIpc) is 2.73. The summed E-state index contributed by atoms with van der Waals surface area (Å²) in [6.07, 6.45) is 0.739. The summed E-state index contributed by atoms with van der Waals surface area (Å²) in [4.78, 5) is 34.6. The summed E-state index contributed by atoms with van der Waals surface area (Å²) in [6.45, 7) is 9.96. The van der Waals surface area contributed by atoms with Gasteiger partial charge in [0, 0.05) is 16.8 Å². The molecule has 0 unspecified atom stereocenters. The molecule has 0 aliphatic carbocycles. The smallest absolute Gasteiger partial charge is 0.427 e.